The van der Waals surface area contributed by atoms with E-state index in [1.807, 2.05) is 64.2 Å². The Labute approximate surface area is 104 Å². The molecule has 2 saturated carbocycles. The molecule has 2 fully saturated rings. The molecule has 0 N–H and O–H groups in total. The predicted molar refractivity (Wildman–Crippen MR) is 43.0 cm³/mol. The first-order chi connectivity index (χ1) is 5.00. The van der Waals surface area contributed by atoms with Gasteiger partial charge in [-0.05, 0) is 64.2 Å². The van der Waals surface area contributed by atoms with Crippen LogP contribution < -0.4 is 24.0 Å². The van der Waals surface area contributed by atoms with Crippen molar-refractivity contribution in [1.29, 1.82) is 0 Å². The Hall–Kier alpha value is 1.24. The van der Waals surface area contributed by atoms with Gasteiger partial charge in [-0.1, -0.05) is 0 Å². The number of hydrogen-bond acceptors (Lipinski definition) is 0. The molecule has 0 aliphatic heterocycles. The van der Waals surface area contributed by atoms with Crippen molar-refractivity contribution < 1.29 is 40.8 Å². The summed E-state index contributed by atoms with van der Waals surface area (Å²) in [5, 5.41) is 0. The van der Waals surface area contributed by atoms with Crippen LogP contribution in [0.25, 0.3) is 0 Å². The molecule has 0 aromatic carbocycles. The van der Waals surface area contributed by atoms with E-state index in [0.29, 0.717) is 0 Å². The second kappa shape index (κ2) is 12.2. The molecule has 2 rings (SSSR count). The van der Waals surface area contributed by atoms with Gasteiger partial charge in [-0.3, -0.25) is 0 Å². The van der Waals surface area contributed by atoms with Gasteiger partial charge < -0.3 is 24.0 Å². The molecule has 64 valence electrons. The zero-order valence-electron chi connectivity index (χ0n) is 6.48. The van der Waals surface area contributed by atoms with Crippen LogP contribution in [0.5, 0.6) is 0 Å². The van der Waals surface area contributed by atoms with Gasteiger partial charge in [-0.2, -0.15) is 0 Å². The third-order valence-electron chi connectivity index (χ3n) is 1.11. The van der Waals surface area contributed by atoms with E-state index >= 15 is 0 Å². The average molecular weight is 316 g/mol. The Bertz CT molecular complexity index is 43.0. The molecule has 2 aliphatic rings. The van der Waals surface area contributed by atoms with Crippen LogP contribution in [0.15, 0.2) is 0 Å². The van der Waals surface area contributed by atoms with Crippen LogP contribution in [0.2, 0.25) is 0 Å². The third-order valence-corrected chi connectivity index (χ3v) is 1.11. The maximum Gasteiger partial charge on any atom is 3.00 e. The summed E-state index contributed by atoms with van der Waals surface area (Å²) in [6.07, 6.45) is 20.0. The Balaban J connectivity index is 0. The second-order valence-electron chi connectivity index (χ2n) is 1.92. The van der Waals surface area contributed by atoms with E-state index in [0.717, 1.165) is 0 Å². The molecule has 12 heavy (non-hydrogen) atoms. The molecule has 0 bridgehead atoms. The summed E-state index contributed by atoms with van der Waals surface area (Å²) in [4.78, 5) is 0. The normalized spacial score (nSPS) is 20.0. The Morgan fingerprint density at radius 1 is 0.333 bits per heavy atom. The van der Waals surface area contributed by atoms with Crippen molar-refractivity contribution in [2.45, 2.75) is 0 Å². The minimum atomic E-state index is 0. The fraction of sp³-hybridized carbons (Fsp3) is 0. The van der Waals surface area contributed by atoms with Crippen molar-refractivity contribution in [3.05, 3.63) is 64.2 Å². The van der Waals surface area contributed by atoms with E-state index in [1.165, 1.54) is 0 Å². The van der Waals surface area contributed by atoms with Crippen LogP contribution in [-0.4, -0.2) is 0 Å². The Morgan fingerprint density at radius 2 is 0.417 bits per heavy atom. The van der Waals surface area contributed by atoms with E-state index in [-0.39, 0.29) is 40.8 Å². The van der Waals surface area contributed by atoms with Crippen molar-refractivity contribution in [3.8, 4) is 0 Å². The summed E-state index contributed by atoms with van der Waals surface area (Å²) in [5.41, 5.74) is 0. The molecule has 0 atom stereocenters. The van der Waals surface area contributed by atoms with Crippen molar-refractivity contribution in [1.82, 2.24) is 0 Å². The van der Waals surface area contributed by atoms with Gasteiger partial charge in [0, 0.05) is 0 Å². The van der Waals surface area contributed by atoms with Gasteiger partial charge in [-0.25, -0.2) is 0 Å². The molecule has 10 radical (unpaired) electrons. The first kappa shape index (κ1) is 15.7. The van der Waals surface area contributed by atoms with Gasteiger partial charge in [0.15, 0.2) is 0 Å². The maximum absolute atomic E-state index is 2.00. The summed E-state index contributed by atoms with van der Waals surface area (Å²) in [7, 11) is 0. The topological polar surface area (TPSA) is 0 Å². The van der Waals surface area contributed by atoms with Crippen LogP contribution in [0, 0.1) is 64.2 Å². The number of halogens is 1. The molecular formula is C10H10CoI+2. The first-order valence-electron chi connectivity index (χ1n) is 3.33. The first-order valence-corrected chi connectivity index (χ1v) is 3.33. The molecule has 0 unspecified atom stereocenters. The molecular weight excluding hydrogens is 306 g/mol. The fourth-order valence-corrected chi connectivity index (χ4v) is 0.642. The van der Waals surface area contributed by atoms with E-state index < -0.39 is 0 Å². The molecule has 0 heterocycles. The molecule has 2 heteroatoms. The van der Waals surface area contributed by atoms with Crippen molar-refractivity contribution in [2.24, 2.45) is 0 Å². The van der Waals surface area contributed by atoms with Gasteiger partial charge >= 0.3 is 16.8 Å². The van der Waals surface area contributed by atoms with E-state index in [2.05, 4.69) is 0 Å². The molecule has 0 nitrogen and oxygen atoms in total. The minimum absolute atomic E-state index is 0. The molecule has 0 saturated heterocycles. The monoisotopic (exact) mass is 316 g/mol. The van der Waals surface area contributed by atoms with Gasteiger partial charge in [0.1, 0.15) is 0 Å². The largest absolute Gasteiger partial charge is 3.00 e. The average Bonchev–Trinajstić information content (AvgIpc) is 2.67. The van der Waals surface area contributed by atoms with Crippen LogP contribution in [0.1, 0.15) is 0 Å². The summed E-state index contributed by atoms with van der Waals surface area (Å²) in [5.74, 6) is 0. The summed E-state index contributed by atoms with van der Waals surface area (Å²) in [6, 6.07) is 0. The van der Waals surface area contributed by atoms with E-state index in [4.69, 9.17) is 0 Å². The molecule has 0 spiro atoms. The molecule has 0 aromatic rings. The molecule has 0 aromatic heterocycles. The zero-order valence-corrected chi connectivity index (χ0v) is 9.68. The quantitative estimate of drug-likeness (QED) is 0.505. The van der Waals surface area contributed by atoms with Crippen molar-refractivity contribution >= 4 is 0 Å². The summed E-state index contributed by atoms with van der Waals surface area (Å²) >= 11 is 0. The summed E-state index contributed by atoms with van der Waals surface area (Å²) < 4.78 is 0. The van der Waals surface area contributed by atoms with Crippen molar-refractivity contribution in [2.75, 3.05) is 0 Å². The Morgan fingerprint density at radius 3 is 0.500 bits per heavy atom. The summed E-state index contributed by atoms with van der Waals surface area (Å²) in [6.45, 7) is 0. The zero-order chi connectivity index (χ0) is 7.07. The fourth-order valence-electron chi connectivity index (χ4n) is 0.642. The van der Waals surface area contributed by atoms with Crippen molar-refractivity contribution in [3.63, 3.8) is 0 Å². The smallest absolute Gasteiger partial charge is 1.00 e. The minimum Gasteiger partial charge on any atom is -1.00 e. The van der Waals surface area contributed by atoms with Crippen LogP contribution in [0.3, 0.4) is 0 Å². The van der Waals surface area contributed by atoms with Gasteiger partial charge in [0.25, 0.3) is 0 Å². The van der Waals surface area contributed by atoms with Crippen LogP contribution in [-0.2, 0) is 16.8 Å². The molecule has 0 amide bonds. The van der Waals surface area contributed by atoms with Crippen LogP contribution >= 0.6 is 0 Å². The maximum atomic E-state index is 2.00. The number of rotatable bonds is 0. The predicted octanol–water partition coefficient (Wildman–Crippen LogP) is -0.956. The van der Waals surface area contributed by atoms with Crippen LogP contribution in [0.4, 0.5) is 0 Å². The van der Waals surface area contributed by atoms with Gasteiger partial charge in [-0.15, -0.1) is 0 Å². The Kier molecular flexibility index (Phi) is 16.0. The standard InChI is InChI=1S/2C5H5.Co.HI/c2*1-2-4-5-3-1;;/h2*1-5H;;1H/q;;+3;/p-1. The molecule has 2 aliphatic carbocycles. The second-order valence-corrected chi connectivity index (χ2v) is 1.92. The number of hydrogen-bond donors (Lipinski definition) is 0. The van der Waals surface area contributed by atoms with Gasteiger partial charge in [0.05, 0.1) is 0 Å². The van der Waals surface area contributed by atoms with E-state index in [9.17, 15) is 0 Å². The third kappa shape index (κ3) is 9.33. The SMILES string of the molecule is [CH]1[CH][CH][CH][CH]1.[CH]1[CH][CH][CH][CH]1.[Co+3].[I-]. The van der Waals surface area contributed by atoms with Gasteiger partial charge in [0.2, 0.25) is 0 Å². The van der Waals surface area contributed by atoms with E-state index in [1.54, 1.807) is 0 Å².